The molecule has 7 N–H and O–H groups in total. The maximum atomic E-state index is 6.06. The molecule has 1 aliphatic heterocycles. The van der Waals surface area contributed by atoms with Crippen molar-refractivity contribution in [3.05, 3.63) is 5.56 Å². The molecule has 1 atom stereocenters. The first-order valence-corrected chi connectivity index (χ1v) is 7.01. The molecule has 128 valence electrons. The molecule has 0 unspecified atom stereocenters. The molecule has 0 amide bonds. The van der Waals surface area contributed by atoms with Gasteiger partial charge in [0.25, 0.3) is 0 Å². The summed E-state index contributed by atoms with van der Waals surface area (Å²) in [6.45, 7) is 1.96. The first kappa shape index (κ1) is 21.0. The van der Waals surface area contributed by atoms with Crippen LogP contribution in [-0.4, -0.2) is 41.6 Å². The lowest BCUT2D eigenvalue weighted by molar-refractivity contribution is 0.616. The van der Waals surface area contributed by atoms with Crippen molar-refractivity contribution in [3.8, 4) is 0 Å². The molecule has 22 heavy (non-hydrogen) atoms. The van der Waals surface area contributed by atoms with Crippen molar-refractivity contribution in [2.75, 3.05) is 36.5 Å². The molecule has 1 aromatic heterocycles. The molecule has 9 heteroatoms. The van der Waals surface area contributed by atoms with Crippen LogP contribution in [0.15, 0.2) is 0 Å². The van der Waals surface area contributed by atoms with E-state index in [4.69, 9.17) is 11.5 Å². The number of hydrogen-bond acceptors (Lipinski definition) is 6. The topological polar surface area (TPSA) is 125 Å². The van der Waals surface area contributed by atoms with E-state index in [-0.39, 0.29) is 36.2 Å². The zero-order valence-electron chi connectivity index (χ0n) is 12.7. The lowest BCUT2D eigenvalue weighted by Gasteiger charge is -2.22. The summed E-state index contributed by atoms with van der Waals surface area (Å²) in [6.07, 6.45) is 4.70. The second-order valence-electron chi connectivity index (χ2n) is 5.64. The summed E-state index contributed by atoms with van der Waals surface area (Å²) in [7, 11) is 2.00. The van der Waals surface area contributed by atoms with Gasteiger partial charge in [-0.15, -0.1) is 24.8 Å². The van der Waals surface area contributed by atoms with Crippen molar-refractivity contribution in [2.24, 2.45) is 5.92 Å². The number of likely N-dealkylation sites (N-methyl/N-ethyl adjacent to an activating group) is 1. The van der Waals surface area contributed by atoms with E-state index in [1.165, 1.54) is 12.8 Å². The van der Waals surface area contributed by atoms with Crippen molar-refractivity contribution in [3.63, 3.8) is 0 Å². The molecular weight excluding hydrogens is 327 g/mol. The van der Waals surface area contributed by atoms with Crippen molar-refractivity contribution in [2.45, 2.75) is 31.7 Å². The summed E-state index contributed by atoms with van der Waals surface area (Å²) >= 11 is 0. The van der Waals surface area contributed by atoms with Crippen molar-refractivity contribution >= 4 is 42.4 Å². The first-order chi connectivity index (χ1) is 9.17. The highest BCUT2D eigenvalue weighted by molar-refractivity contribution is 5.85. The minimum atomic E-state index is 0. The molecule has 1 saturated carbocycles. The Morgan fingerprint density at radius 1 is 1.18 bits per heavy atom. The summed E-state index contributed by atoms with van der Waals surface area (Å²) in [6, 6.07) is 0.520. The fourth-order valence-electron chi connectivity index (χ4n) is 2.76. The van der Waals surface area contributed by atoms with Gasteiger partial charge in [0.15, 0.2) is 0 Å². The van der Waals surface area contributed by atoms with Gasteiger partial charge in [-0.05, 0) is 38.6 Å². The number of halogens is 2. The Morgan fingerprint density at radius 3 is 2.41 bits per heavy atom. The normalized spacial score (nSPS) is 19.9. The Balaban J connectivity index is 0.00000147. The summed E-state index contributed by atoms with van der Waals surface area (Å²) in [5.74, 6) is 2.55. The second kappa shape index (κ2) is 8.57. The molecule has 0 spiro atoms. The quantitative estimate of drug-likeness (QED) is 0.720. The van der Waals surface area contributed by atoms with E-state index in [1.807, 2.05) is 7.05 Å². The van der Waals surface area contributed by atoms with Crippen molar-refractivity contribution < 1.29 is 5.48 Å². The molecule has 2 fully saturated rings. The highest BCUT2D eigenvalue weighted by Gasteiger charge is 2.29. The molecule has 1 aromatic rings. The highest BCUT2D eigenvalue weighted by Crippen LogP contribution is 2.37. The summed E-state index contributed by atoms with van der Waals surface area (Å²) < 4.78 is 0. The van der Waals surface area contributed by atoms with E-state index in [2.05, 4.69) is 20.2 Å². The smallest absolute Gasteiger partial charge is 0.223 e. The maximum Gasteiger partial charge on any atom is 0.223 e. The number of anilines is 3. The number of aromatic nitrogens is 2. The Labute approximate surface area is 143 Å². The average Bonchev–Trinajstić information content (AvgIpc) is 3.06. The predicted molar refractivity (Wildman–Crippen MR) is 95.1 cm³/mol. The molecule has 3 rings (SSSR count). The number of hydrogen-bond donors (Lipinski definition) is 3. The molecule has 0 bridgehead atoms. The molecule has 1 saturated heterocycles. The monoisotopic (exact) mass is 352 g/mol. The van der Waals surface area contributed by atoms with Crippen molar-refractivity contribution in [1.29, 1.82) is 0 Å². The molecule has 1 aliphatic carbocycles. The van der Waals surface area contributed by atoms with Gasteiger partial charge in [0, 0.05) is 24.7 Å². The SMILES string of the molecule is CN[C@@H]1CCN(c2nc(N)nc(N)c2CC2CC2)C1.Cl.Cl.O. The van der Waals surface area contributed by atoms with Crippen LogP contribution in [0.5, 0.6) is 0 Å². The van der Waals surface area contributed by atoms with Gasteiger partial charge >= 0.3 is 0 Å². The predicted octanol–water partition coefficient (Wildman–Crippen LogP) is 0.410. The van der Waals surface area contributed by atoms with Crippen LogP contribution < -0.4 is 21.7 Å². The zero-order chi connectivity index (χ0) is 13.4. The number of nitrogens with two attached hydrogens (primary N) is 2. The molecule has 2 aliphatic rings. The van der Waals surface area contributed by atoms with Gasteiger partial charge < -0.3 is 27.2 Å². The number of rotatable bonds is 4. The Kier molecular flexibility index (Phi) is 8.17. The van der Waals surface area contributed by atoms with E-state index < -0.39 is 0 Å². The van der Waals surface area contributed by atoms with Crippen LogP contribution >= 0.6 is 24.8 Å². The van der Waals surface area contributed by atoms with Crippen LogP contribution in [0.3, 0.4) is 0 Å². The fourth-order valence-corrected chi connectivity index (χ4v) is 2.76. The van der Waals surface area contributed by atoms with E-state index in [1.54, 1.807) is 0 Å². The van der Waals surface area contributed by atoms with Gasteiger partial charge in [-0.1, -0.05) is 0 Å². The Morgan fingerprint density at radius 2 is 1.86 bits per heavy atom. The number of nitrogens with zero attached hydrogens (tertiary/aromatic N) is 3. The molecule has 7 nitrogen and oxygen atoms in total. The molecule has 2 heterocycles. The Hall–Kier alpha value is -1.02. The third-order valence-electron chi connectivity index (χ3n) is 4.12. The third kappa shape index (κ3) is 4.49. The van der Waals surface area contributed by atoms with Gasteiger partial charge in [-0.3, -0.25) is 0 Å². The van der Waals surface area contributed by atoms with Gasteiger partial charge in [0.2, 0.25) is 5.95 Å². The zero-order valence-corrected chi connectivity index (χ0v) is 14.3. The van der Waals surface area contributed by atoms with Gasteiger partial charge in [0.1, 0.15) is 11.6 Å². The van der Waals surface area contributed by atoms with Gasteiger partial charge in [-0.25, -0.2) is 0 Å². The fraction of sp³-hybridized carbons (Fsp3) is 0.692. The van der Waals surface area contributed by atoms with E-state index in [0.29, 0.717) is 11.9 Å². The van der Waals surface area contributed by atoms with Crippen LogP contribution in [0.1, 0.15) is 24.8 Å². The van der Waals surface area contributed by atoms with Crippen LogP contribution in [0.25, 0.3) is 0 Å². The molecule has 0 aromatic carbocycles. The molecular formula is C13H26Cl2N6O. The summed E-state index contributed by atoms with van der Waals surface area (Å²) in [5.41, 5.74) is 12.9. The van der Waals surface area contributed by atoms with Crippen molar-refractivity contribution in [1.82, 2.24) is 15.3 Å². The lowest BCUT2D eigenvalue weighted by Crippen LogP contribution is -2.30. The molecule has 0 radical (unpaired) electrons. The van der Waals surface area contributed by atoms with Gasteiger partial charge in [-0.2, -0.15) is 9.97 Å². The van der Waals surface area contributed by atoms with E-state index in [9.17, 15) is 0 Å². The minimum Gasteiger partial charge on any atom is -0.412 e. The number of nitrogen functional groups attached to an aromatic ring is 2. The second-order valence-corrected chi connectivity index (χ2v) is 5.64. The number of nitrogens with one attached hydrogen (secondary N) is 1. The Bertz CT molecular complexity index is 486. The van der Waals surface area contributed by atoms with Crippen LogP contribution in [0, 0.1) is 5.92 Å². The van der Waals surface area contributed by atoms with E-state index in [0.717, 1.165) is 43.2 Å². The summed E-state index contributed by atoms with van der Waals surface area (Å²) in [5, 5.41) is 3.32. The van der Waals surface area contributed by atoms with Crippen LogP contribution in [0.4, 0.5) is 17.6 Å². The maximum absolute atomic E-state index is 6.06. The van der Waals surface area contributed by atoms with Crippen LogP contribution in [0.2, 0.25) is 0 Å². The standard InChI is InChI=1S/C13H22N6.2ClH.H2O/c1-16-9-4-5-19(7-9)12-10(6-8-2-3-8)11(14)17-13(15)18-12;;;/h8-9,16H,2-7H2,1H3,(H4,14,15,17,18);2*1H;1H2/t9-;;;/m1.../s1. The summed E-state index contributed by atoms with van der Waals surface area (Å²) in [4.78, 5) is 10.9. The first-order valence-electron chi connectivity index (χ1n) is 7.01. The largest absolute Gasteiger partial charge is 0.412 e. The lowest BCUT2D eigenvalue weighted by atomic mass is 10.1. The highest BCUT2D eigenvalue weighted by atomic mass is 35.5. The van der Waals surface area contributed by atoms with Crippen LogP contribution in [-0.2, 0) is 6.42 Å². The minimum absolute atomic E-state index is 0. The van der Waals surface area contributed by atoms with E-state index >= 15 is 0 Å². The average molecular weight is 353 g/mol. The van der Waals surface area contributed by atoms with Gasteiger partial charge in [0.05, 0.1) is 0 Å². The third-order valence-corrected chi connectivity index (χ3v) is 4.12.